The Balaban J connectivity index is 3.31. The molecule has 4 nitrogen and oxygen atoms in total. The number of methoxy groups -OCH3 is 1. The second kappa shape index (κ2) is 4.96. The molecule has 0 unspecified atom stereocenters. The maximum Gasteiger partial charge on any atom is 0.304 e. The van der Waals surface area contributed by atoms with Gasteiger partial charge in [-0.05, 0) is 22.0 Å². The molecular weight excluding hydrogens is 288 g/mol. The van der Waals surface area contributed by atoms with Gasteiger partial charge in [-0.3, -0.25) is 4.79 Å². The number of hydrogen-bond donors (Lipinski definition) is 2. The number of halogens is 1. The van der Waals surface area contributed by atoms with E-state index in [9.17, 15) is 9.90 Å². The Labute approximate surface area is 108 Å². The van der Waals surface area contributed by atoms with Crippen LogP contribution in [-0.2, 0) is 10.2 Å². The number of benzene rings is 1. The minimum absolute atomic E-state index is 0.0107. The maximum atomic E-state index is 10.8. The Morgan fingerprint density at radius 1 is 1.47 bits per heavy atom. The van der Waals surface area contributed by atoms with E-state index in [1.54, 1.807) is 26.0 Å². The first kappa shape index (κ1) is 13.8. The fraction of sp³-hybridized carbons (Fsp3) is 0.417. The number of phenolic OH excluding ortho intramolecular Hbond substituents is 1. The van der Waals surface area contributed by atoms with Crippen LogP contribution in [0.5, 0.6) is 11.5 Å². The number of aromatic hydroxyl groups is 1. The summed E-state index contributed by atoms with van der Waals surface area (Å²) in [6, 6.07) is 3.43. The smallest absolute Gasteiger partial charge is 0.304 e. The van der Waals surface area contributed by atoms with Crippen LogP contribution in [0.4, 0.5) is 0 Å². The van der Waals surface area contributed by atoms with Crippen LogP contribution >= 0.6 is 15.9 Å². The van der Waals surface area contributed by atoms with Crippen LogP contribution in [0.1, 0.15) is 25.8 Å². The van der Waals surface area contributed by atoms with Gasteiger partial charge in [0.1, 0.15) is 0 Å². The van der Waals surface area contributed by atoms with Gasteiger partial charge in [0.25, 0.3) is 0 Å². The molecule has 0 aliphatic rings. The molecule has 5 heteroatoms. The summed E-state index contributed by atoms with van der Waals surface area (Å²) < 4.78 is 5.67. The lowest BCUT2D eigenvalue weighted by atomic mass is 9.81. The molecule has 0 saturated heterocycles. The van der Waals surface area contributed by atoms with Crippen molar-refractivity contribution in [2.45, 2.75) is 25.7 Å². The molecule has 2 N–H and O–H groups in total. The van der Waals surface area contributed by atoms with E-state index in [-0.39, 0.29) is 12.2 Å². The summed E-state index contributed by atoms with van der Waals surface area (Å²) in [5, 5.41) is 18.7. The average Bonchev–Trinajstić information content (AvgIpc) is 2.19. The summed E-state index contributed by atoms with van der Waals surface area (Å²) in [6.07, 6.45) is -0.0373. The Morgan fingerprint density at radius 2 is 2.06 bits per heavy atom. The van der Waals surface area contributed by atoms with Crippen molar-refractivity contribution in [3.8, 4) is 11.5 Å². The van der Waals surface area contributed by atoms with E-state index in [1.165, 1.54) is 7.11 Å². The highest BCUT2D eigenvalue weighted by molar-refractivity contribution is 9.10. The van der Waals surface area contributed by atoms with Gasteiger partial charge in [-0.15, -0.1) is 0 Å². The van der Waals surface area contributed by atoms with Gasteiger partial charge in [-0.1, -0.05) is 19.9 Å². The minimum Gasteiger partial charge on any atom is -0.503 e. The van der Waals surface area contributed by atoms with E-state index in [2.05, 4.69) is 15.9 Å². The van der Waals surface area contributed by atoms with E-state index in [0.717, 1.165) is 0 Å². The van der Waals surface area contributed by atoms with Crippen LogP contribution < -0.4 is 4.74 Å². The molecule has 0 saturated carbocycles. The highest BCUT2D eigenvalue weighted by Gasteiger charge is 2.29. The van der Waals surface area contributed by atoms with Crippen molar-refractivity contribution in [3.63, 3.8) is 0 Å². The highest BCUT2D eigenvalue weighted by Crippen LogP contribution is 2.43. The lowest BCUT2D eigenvalue weighted by molar-refractivity contribution is -0.138. The predicted octanol–water partition coefficient (Wildman–Crippen LogP) is 2.92. The lowest BCUT2D eigenvalue weighted by Gasteiger charge is -2.26. The van der Waals surface area contributed by atoms with Crippen molar-refractivity contribution in [2.24, 2.45) is 0 Å². The third kappa shape index (κ3) is 2.91. The minimum atomic E-state index is -0.889. The summed E-state index contributed by atoms with van der Waals surface area (Å²) in [5.74, 6) is -0.589. The Kier molecular flexibility index (Phi) is 4.03. The van der Waals surface area contributed by atoms with Gasteiger partial charge >= 0.3 is 5.97 Å². The molecular formula is C12H15BrO4. The number of hydrogen-bond acceptors (Lipinski definition) is 3. The zero-order valence-electron chi connectivity index (χ0n) is 9.95. The molecule has 0 aliphatic carbocycles. The number of carbonyl (C=O) groups is 1. The average molecular weight is 303 g/mol. The molecule has 17 heavy (non-hydrogen) atoms. The van der Waals surface area contributed by atoms with Gasteiger partial charge in [0, 0.05) is 11.0 Å². The second-order valence-corrected chi connectivity index (χ2v) is 5.29. The molecule has 1 aromatic rings. The van der Waals surface area contributed by atoms with E-state index in [4.69, 9.17) is 9.84 Å². The Hall–Kier alpha value is -1.23. The van der Waals surface area contributed by atoms with E-state index < -0.39 is 11.4 Å². The fourth-order valence-corrected chi connectivity index (χ4v) is 2.07. The van der Waals surface area contributed by atoms with Crippen molar-refractivity contribution in [3.05, 3.63) is 22.2 Å². The first-order valence-corrected chi connectivity index (χ1v) is 5.86. The van der Waals surface area contributed by atoms with Crippen LogP contribution in [0.2, 0.25) is 0 Å². The SMILES string of the molecule is COc1c(C(C)(C)CC(=O)O)ccc(Br)c1O. The van der Waals surface area contributed by atoms with Gasteiger partial charge in [0.05, 0.1) is 18.0 Å². The maximum absolute atomic E-state index is 10.8. The number of rotatable bonds is 4. The van der Waals surface area contributed by atoms with Crippen molar-refractivity contribution in [1.82, 2.24) is 0 Å². The summed E-state index contributed by atoms with van der Waals surface area (Å²) in [5.41, 5.74) is 0.0538. The summed E-state index contributed by atoms with van der Waals surface area (Å²) in [6.45, 7) is 3.60. The molecule has 0 amide bonds. The highest BCUT2D eigenvalue weighted by atomic mass is 79.9. The van der Waals surface area contributed by atoms with E-state index in [0.29, 0.717) is 15.8 Å². The van der Waals surface area contributed by atoms with Gasteiger partial charge in [0.2, 0.25) is 0 Å². The summed E-state index contributed by atoms with van der Waals surface area (Å²) in [7, 11) is 1.45. The number of carboxylic acid groups (broad SMARTS) is 1. The first-order valence-electron chi connectivity index (χ1n) is 5.07. The molecule has 0 radical (unpaired) electrons. The molecule has 0 aliphatic heterocycles. The molecule has 1 aromatic carbocycles. The topological polar surface area (TPSA) is 66.8 Å². The number of phenols is 1. The van der Waals surface area contributed by atoms with Crippen molar-refractivity contribution in [1.29, 1.82) is 0 Å². The quantitative estimate of drug-likeness (QED) is 0.897. The van der Waals surface area contributed by atoms with Crippen LogP contribution in [0.15, 0.2) is 16.6 Å². The zero-order chi connectivity index (χ0) is 13.2. The molecule has 0 atom stereocenters. The van der Waals surface area contributed by atoms with Crippen molar-refractivity contribution >= 4 is 21.9 Å². The first-order chi connectivity index (χ1) is 7.79. The lowest BCUT2D eigenvalue weighted by Crippen LogP contribution is -2.22. The molecule has 1 rings (SSSR count). The molecule has 0 heterocycles. The van der Waals surface area contributed by atoms with Crippen molar-refractivity contribution in [2.75, 3.05) is 7.11 Å². The molecule has 0 spiro atoms. The fourth-order valence-electron chi connectivity index (χ4n) is 1.76. The third-order valence-electron chi connectivity index (χ3n) is 2.61. The monoisotopic (exact) mass is 302 g/mol. The number of aliphatic carboxylic acids is 1. The van der Waals surface area contributed by atoms with Gasteiger partial charge in [-0.25, -0.2) is 0 Å². The predicted molar refractivity (Wildman–Crippen MR) is 67.6 cm³/mol. The molecule has 0 bridgehead atoms. The molecule has 0 aromatic heterocycles. The third-order valence-corrected chi connectivity index (χ3v) is 3.25. The van der Waals surface area contributed by atoms with Crippen molar-refractivity contribution < 1.29 is 19.7 Å². The molecule has 0 fully saturated rings. The molecule has 94 valence electrons. The van der Waals surface area contributed by atoms with Crippen LogP contribution in [0.25, 0.3) is 0 Å². The summed E-state index contributed by atoms with van der Waals surface area (Å²) in [4.78, 5) is 10.8. The number of ether oxygens (including phenoxy) is 1. The standard InChI is InChI=1S/C12H15BrO4/c1-12(2,6-9(14)15)7-4-5-8(13)10(16)11(7)17-3/h4-5,16H,6H2,1-3H3,(H,14,15). The van der Waals surface area contributed by atoms with E-state index >= 15 is 0 Å². The Bertz CT molecular complexity index is 440. The number of carboxylic acids is 1. The van der Waals surface area contributed by atoms with Crippen LogP contribution in [0, 0.1) is 0 Å². The van der Waals surface area contributed by atoms with E-state index in [1.807, 2.05) is 0 Å². The summed E-state index contributed by atoms with van der Waals surface area (Å²) >= 11 is 3.19. The largest absolute Gasteiger partial charge is 0.503 e. The normalized spacial score (nSPS) is 11.3. The van der Waals surface area contributed by atoms with Gasteiger partial charge < -0.3 is 14.9 Å². The second-order valence-electron chi connectivity index (χ2n) is 4.43. The van der Waals surface area contributed by atoms with Gasteiger partial charge in [0.15, 0.2) is 11.5 Å². The van der Waals surface area contributed by atoms with Gasteiger partial charge in [-0.2, -0.15) is 0 Å². The Morgan fingerprint density at radius 3 is 2.53 bits per heavy atom. The van der Waals surface area contributed by atoms with Crippen LogP contribution in [-0.4, -0.2) is 23.3 Å². The van der Waals surface area contributed by atoms with Crippen LogP contribution in [0.3, 0.4) is 0 Å². The zero-order valence-corrected chi connectivity index (χ0v) is 11.5.